The molecule has 1 amide bonds. The maximum absolute atomic E-state index is 12.3. The van der Waals surface area contributed by atoms with Crippen molar-refractivity contribution in [2.24, 2.45) is 5.92 Å². The van der Waals surface area contributed by atoms with E-state index in [4.69, 9.17) is 4.74 Å². The highest BCUT2D eigenvalue weighted by Gasteiger charge is 2.29. The van der Waals surface area contributed by atoms with Crippen molar-refractivity contribution in [2.75, 3.05) is 26.2 Å². The zero-order valence-corrected chi connectivity index (χ0v) is 15.4. The van der Waals surface area contributed by atoms with E-state index in [1.54, 1.807) is 12.3 Å². The summed E-state index contributed by atoms with van der Waals surface area (Å²) in [6.45, 7) is 9.06. The third-order valence-electron chi connectivity index (χ3n) is 5.26. The van der Waals surface area contributed by atoms with E-state index in [1.165, 1.54) is 12.8 Å². The SMILES string of the molecule is CCn1nccc1/C=C/C(=O)N[C@@H]1CCN(C[C@H]2CCCO2)C[C@H]1C. The molecule has 3 atom stereocenters. The molecule has 1 aromatic heterocycles. The number of likely N-dealkylation sites (tertiary alicyclic amines) is 1. The Morgan fingerprint density at radius 1 is 1.48 bits per heavy atom. The minimum Gasteiger partial charge on any atom is -0.377 e. The second-order valence-corrected chi connectivity index (χ2v) is 7.18. The topological polar surface area (TPSA) is 59.4 Å². The lowest BCUT2D eigenvalue weighted by atomic mass is 9.93. The van der Waals surface area contributed by atoms with Gasteiger partial charge in [0, 0.05) is 51.1 Å². The Labute approximate surface area is 150 Å². The normalized spacial score (nSPS) is 27.8. The van der Waals surface area contributed by atoms with Gasteiger partial charge in [-0.15, -0.1) is 0 Å². The Bertz CT molecular complexity index is 592. The molecule has 0 radical (unpaired) electrons. The van der Waals surface area contributed by atoms with Gasteiger partial charge in [0.15, 0.2) is 0 Å². The summed E-state index contributed by atoms with van der Waals surface area (Å²) in [6, 6.07) is 2.16. The fourth-order valence-electron chi connectivity index (χ4n) is 3.83. The maximum atomic E-state index is 12.3. The Balaban J connectivity index is 1.45. The molecule has 0 unspecified atom stereocenters. The minimum atomic E-state index is -0.0201. The van der Waals surface area contributed by atoms with Crippen LogP contribution in [0.4, 0.5) is 0 Å². The lowest BCUT2D eigenvalue weighted by Gasteiger charge is -2.38. The van der Waals surface area contributed by atoms with Gasteiger partial charge in [-0.2, -0.15) is 5.10 Å². The van der Waals surface area contributed by atoms with Crippen molar-refractivity contribution in [1.29, 1.82) is 0 Å². The van der Waals surface area contributed by atoms with Crippen LogP contribution in [0.15, 0.2) is 18.3 Å². The molecule has 2 aliphatic heterocycles. The molecular weight excluding hydrogens is 316 g/mol. The van der Waals surface area contributed by atoms with E-state index in [2.05, 4.69) is 22.2 Å². The maximum Gasteiger partial charge on any atom is 0.244 e. The number of hydrogen-bond donors (Lipinski definition) is 1. The lowest BCUT2D eigenvalue weighted by Crippen LogP contribution is -2.51. The van der Waals surface area contributed by atoms with Crippen LogP contribution in [0.25, 0.3) is 6.08 Å². The van der Waals surface area contributed by atoms with Crippen LogP contribution < -0.4 is 5.32 Å². The van der Waals surface area contributed by atoms with E-state index in [9.17, 15) is 4.79 Å². The molecule has 0 aliphatic carbocycles. The number of carbonyl (C=O) groups is 1. The third kappa shape index (κ3) is 4.92. The highest BCUT2D eigenvalue weighted by Crippen LogP contribution is 2.20. The number of aryl methyl sites for hydroxylation is 1. The van der Waals surface area contributed by atoms with Crippen LogP contribution in [-0.4, -0.2) is 59.0 Å². The molecule has 1 N–H and O–H groups in total. The summed E-state index contributed by atoms with van der Waals surface area (Å²) >= 11 is 0. The van der Waals surface area contributed by atoms with Crippen molar-refractivity contribution in [3.8, 4) is 0 Å². The second kappa shape index (κ2) is 8.63. The average Bonchev–Trinajstić information content (AvgIpc) is 3.26. The summed E-state index contributed by atoms with van der Waals surface area (Å²) in [4.78, 5) is 14.7. The number of hydrogen-bond acceptors (Lipinski definition) is 4. The molecule has 6 heteroatoms. The number of ether oxygens (including phenoxy) is 1. The van der Waals surface area contributed by atoms with Gasteiger partial charge >= 0.3 is 0 Å². The Kier molecular flexibility index (Phi) is 6.26. The highest BCUT2D eigenvalue weighted by molar-refractivity contribution is 5.91. The minimum absolute atomic E-state index is 0.0201. The van der Waals surface area contributed by atoms with Gasteiger partial charge in [-0.25, -0.2) is 0 Å². The standard InChI is InChI=1S/C19H30N4O2/c1-3-23-16(8-10-20-23)6-7-19(24)21-18-9-11-22(13-15(18)2)14-17-5-4-12-25-17/h6-8,10,15,17-18H,3-5,9,11-14H2,1-2H3,(H,21,24)/b7-6+/t15-,17-,18-/m1/s1. The summed E-state index contributed by atoms with van der Waals surface area (Å²) in [6.07, 6.45) is 9.00. The molecule has 0 bridgehead atoms. The molecular formula is C19H30N4O2. The summed E-state index contributed by atoms with van der Waals surface area (Å²) in [5, 5.41) is 7.38. The first-order valence-electron chi connectivity index (χ1n) is 9.50. The van der Waals surface area contributed by atoms with Gasteiger partial charge in [0.1, 0.15) is 0 Å². The van der Waals surface area contributed by atoms with Gasteiger partial charge in [0.05, 0.1) is 11.8 Å². The van der Waals surface area contributed by atoms with E-state index < -0.39 is 0 Å². The number of aromatic nitrogens is 2. The molecule has 1 aromatic rings. The fraction of sp³-hybridized carbons (Fsp3) is 0.684. The van der Waals surface area contributed by atoms with Crippen LogP contribution in [-0.2, 0) is 16.1 Å². The molecule has 2 aliphatic rings. The van der Waals surface area contributed by atoms with Crippen molar-refractivity contribution in [2.45, 2.75) is 51.8 Å². The monoisotopic (exact) mass is 346 g/mol. The van der Waals surface area contributed by atoms with Crippen LogP contribution in [0.5, 0.6) is 0 Å². The zero-order valence-electron chi connectivity index (χ0n) is 15.4. The average molecular weight is 346 g/mol. The third-order valence-corrected chi connectivity index (χ3v) is 5.26. The van der Waals surface area contributed by atoms with Gasteiger partial charge in [-0.05, 0) is 44.2 Å². The first kappa shape index (κ1) is 18.1. The van der Waals surface area contributed by atoms with Gasteiger partial charge in [-0.3, -0.25) is 9.48 Å². The predicted octanol–water partition coefficient (Wildman–Crippen LogP) is 1.92. The van der Waals surface area contributed by atoms with Crippen LogP contribution in [0, 0.1) is 5.92 Å². The Morgan fingerprint density at radius 3 is 3.08 bits per heavy atom. The molecule has 6 nitrogen and oxygen atoms in total. The van der Waals surface area contributed by atoms with E-state index >= 15 is 0 Å². The van der Waals surface area contributed by atoms with E-state index in [-0.39, 0.29) is 11.9 Å². The number of piperidine rings is 1. The van der Waals surface area contributed by atoms with Gasteiger partial charge < -0.3 is 15.0 Å². The summed E-state index contributed by atoms with van der Waals surface area (Å²) in [7, 11) is 0. The molecule has 138 valence electrons. The van der Waals surface area contributed by atoms with E-state index in [0.717, 1.165) is 44.9 Å². The molecule has 0 aromatic carbocycles. The molecule has 3 rings (SSSR count). The van der Waals surface area contributed by atoms with Crippen molar-refractivity contribution in [3.63, 3.8) is 0 Å². The molecule has 2 saturated heterocycles. The summed E-state index contributed by atoms with van der Waals surface area (Å²) in [5.41, 5.74) is 0.956. The number of carbonyl (C=O) groups excluding carboxylic acids is 1. The van der Waals surface area contributed by atoms with Gasteiger partial charge in [-0.1, -0.05) is 6.92 Å². The zero-order chi connectivity index (χ0) is 17.6. The number of nitrogens with one attached hydrogen (secondary N) is 1. The van der Waals surface area contributed by atoms with Gasteiger partial charge in [0.2, 0.25) is 5.91 Å². The number of amides is 1. The molecule has 25 heavy (non-hydrogen) atoms. The van der Waals surface area contributed by atoms with Gasteiger partial charge in [0.25, 0.3) is 0 Å². The molecule has 0 spiro atoms. The molecule has 3 heterocycles. The van der Waals surface area contributed by atoms with Crippen molar-refractivity contribution < 1.29 is 9.53 Å². The summed E-state index contributed by atoms with van der Waals surface area (Å²) in [5.74, 6) is 0.432. The fourth-order valence-corrected chi connectivity index (χ4v) is 3.83. The second-order valence-electron chi connectivity index (χ2n) is 7.18. The Hall–Kier alpha value is -1.66. The first-order valence-corrected chi connectivity index (χ1v) is 9.50. The van der Waals surface area contributed by atoms with Crippen LogP contribution in [0.3, 0.4) is 0 Å². The van der Waals surface area contributed by atoms with Crippen molar-refractivity contribution in [1.82, 2.24) is 20.0 Å². The Morgan fingerprint density at radius 2 is 2.36 bits per heavy atom. The van der Waals surface area contributed by atoms with Crippen LogP contribution in [0.1, 0.15) is 38.8 Å². The van der Waals surface area contributed by atoms with Crippen molar-refractivity contribution >= 4 is 12.0 Å². The summed E-state index contributed by atoms with van der Waals surface area (Å²) < 4.78 is 7.61. The van der Waals surface area contributed by atoms with Crippen molar-refractivity contribution in [3.05, 3.63) is 24.0 Å². The van der Waals surface area contributed by atoms with Crippen LogP contribution >= 0.6 is 0 Å². The quantitative estimate of drug-likeness (QED) is 0.800. The first-order chi connectivity index (χ1) is 12.2. The lowest BCUT2D eigenvalue weighted by molar-refractivity contribution is -0.117. The predicted molar refractivity (Wildman–Crippen MR) is 98.1 cm³/mol. The number of rotatable bonds is 6. The molecule has 0 saturated carbocycles. The highest BCUT2D eigenvalue weighted by atomic mass is 16.5. The van der Waals surface area contributed by atoms with E-state index in [0.29, 0.717) is 12.0 Å². The molecule has 2 fully saturated rings. The smallest absolute Gasteiger partial charge is 0.244 e. The largest absolute Gasteiger partial charge is 0.377 e. The van der Waals surface area contributed by atoms with E-state index in [1.807, 2.05) is 23.7 Å². The number of nitrogens with zero attached hydrogens (tertiary/aromatic N) is 3. The van der Waals surface area contributed by atoms with Crippen LogP contribution in [0.2, 0.25) is 0 Å².